The zero-order valence-electron chi connectivity index (χ0n) is 19.6. The van der Waals surface area contributed by atoms with Gasteiger partial charge in [-0.05, 0) is 43.2 Å². The third-order valence-electron chi connectivity index (χ3n) is 6.70. The first-order chi connectivity index (χ1) is 17.2. The minimum atomic E-state index is 0.0777. The molecule has 1 fully saturated rings. The number of rotatable bonds is 3. The number of hydrogen-bond donors (Lipinski definition) is 0. The number of benzene rings is 3. The lowest BCUT2D eigenvalue weighted by Crippen LogP contribution is -2.35. The average Bonchev–Trinajstić information content (AvgIpc) is 3.19. The average molecular weight is 463 g/mol. The summed E-state index contributed by atoms with van der Waals surface area (Å²) in [5, 5.41) is 10.2. The van der Waals surface area contributed by atoms with E-state index in [1.165, 1.54) is 0 Å². The first-order valence-corrected chi connectivity index (χ1v) is 12.0. The van der Waals surface area contributed by atoms with Crippen molar-refractivity contribution in [1.82, 2.24) is 24.5 Å². The maximum Gasteiger partial charge on any atom is 0.253 e. The Kier molecular flexibility index (Phi) is 5.37. The zero-order valence-corrected chi connectivity index (χ0v) is 19.6. The number of fused-ring (bicyclic) bond motifs is 3. The van der Waals surface area contributed by atoms with Gasteiger partial charge in [0.15, 0.2) is 11.5 Å². The van der Waals surface area contributed by atoms with Gasteiger partial charge in [0.05, 0.1) is 5.52 Å². The topological polar surface area (TPSA) is 66.6 Å². The van der Waals surface area contributed by atoms with Crippen LogP contribution in [0.15, 0.2) is 78.9 Å². The Bertz CT molecular complexity index is 1530. The van der Waals surface area contributed by atoms with Crippen molar-refractivity contribution in [2.24, 2.45) is 0 Å². The monoisotopic (exact) mass is 462 g/mol. The summed E-state index contributed by atoms with van der Waals surface area (Å²) in [4.78, 5) is 22.4. The van der Waals surface area contributed by atoms with Crippen molar-refractivity contribution in [2.45, 2.75) is 13.3 Å². The third-order valence-corrected chi connectivity index (χ3v) is 6.70. The van der Waals surface area contributed by atoms with E-state index in [0.29, 0.717) is 19.6 Å². The van der Waals surface area contributed by atoms with E-state index in [1.54, 1.807) is 0 Å². The van der Waals surface area contributed by atoms with Crippen LogP contribution >= 0.6 is 0 Å². The summed E-state index contributed by atoms with van der Waals surface area (Å²) in [6.07, 6.45) is 0.858. The minimum absolute atomic E-state index is 0.0777. The molecule has 6 rings (SSSR count). The van der Waals surface area contributed by atoms with Crippen molar-refractivity contribution in [1.29, 1.82) is 0 Å². The molecule has 1 saturated heterocycles. The Morgan fingerprint density at radius 2 is 1.57 bits per heavy atom. The third kappa shape index (κ3) is 3.79. The second-order valence-corrected chi connectivity index (χ2v) is 8.93. The number of hydrogen-bond acceptors (Lipinski definition) is 5. The molecule has 5 aromatic rings. The van der Waals surface area contributed by atoms with Crippen LogP contribution in [0.1, 0.15) is 22.3 Å². The first-order valence-electron chi connectivity index (χ1n) is 12.0. The molecule has 0 radical (unpaired) electrons. The Hall–Kier alpha value is -4.26. The fourth-order valence-corrected chi connectivity index (χ4v) is 4.86. The summed E-state index contributed by atoms with van der Waals surface area (Å²) in [7, 11) is 0. The van der Waals surface area contributed by atoms with Crippen molar-refractivity contribution < 1.29 is 4.79 Å². The Labute approximate surface area is 203 Å². The fourth-order valence-electron chi connectivity index (χ4n) is 4.86. The van der Waals surface area contributed by atoms with Crippen LogP contribution in [-0.4, -0.2) is 56.6 Å². The molecule has 2 aromatic heterocycles. The van der Waals surface area contributed by atoms with Crippen LogP contribution in [0, 0.1) is 6.92 Å². The minimum Gasteiger partial charge on any atom is -0.340 e. The molecule has 7 nitrogen and oxygen atoms in total. The van der Waals surface area contributed by atoms with Gasteiger partial charge in [0.2, 0.25) is 5.95 Å². The van der Waals surface area contributed by atoms with E-state index in [0.717, 1.165) is 58.0 Å². The lowest BCUT2D eigenvalue weighted by atomic mass is 10.1. The molecule has 174 valence electrons. The number of carbonyl (C=O) groups excluding carboxylic acids is 1. The molecule has 35 heavy (non-hydrogen) atoms. The largest absolute Gasteiger partial charge is 0.340 e. The molecule has 0 atom stereocenters. The van der Waals surface area contributed by atoms with Gasteiger partial charge in [-0.1, -0.05) is 54.6 Å². The molecule has 3 aromatic carbocycles. The summed E-state index contributed by atoms with van der Waals surface area (Å²) in [6, 6.07) is 25.8. The van der Waals surface area contributed by atoms with E-state index in [2.05, 4.69) is 38.6 Å². The van der Waals surface area contributed by atoms with Gasteiger partial charge in [-0.25, -0.2) is 9.38 Å². The number of nitrogens with zero attached hydrogens (tertiary/aromatic N) is 6. The Morgan fingerprint density at radius 3 is 2.43 bits per heavy atom. The molecular formula is C28H26N6O. The van der Waals surface area contributed by atoms with Crippen LogP contribution in [0.3, 0.4) is 0 Å². The number of aromatic nitrogens is 4. The fraction of sp³-hybridized carbons (Fsp3) is 0.214. The Balaban J connectivity index is 1.43. The van der Waals surface area contributed by atoms with Gasteiger partial charge in [0, 0.05) is 42.7 Å². The van der Waals surface area contributed by atoms with Crippen LogP contribution < -0.4 is 4.90 Å². The van der Waals surface area contributed by atoms with E-state index in [4.69, 9.17) is 4.98 Å². The normalized spacial score (nSPS) is 14.4. The summed E-state index contributed by atoms with van der Waals surface area (Å²) in [5.74, 6) is 1.68. The van der Waals surface area contributed by atoms with Crippen LogP contribution in [0.4, 0.5) is 5.95 Å². The van der Waals surface area contributed by atoms with Crippen LogP contribution in [0.5, 0.6) is 0 Å². The highest BCUT2D eigenvalue weighted by atomic mass is 16.2. The van der Waals surface area contributed by atoms with Crippen molar-refractivity contribution >= 4 is 28.4 Å². The molecule has 1 aliphatic rings. The van der Waals surface area contributed by atoms with Gasteiger partial charge in [-0.3, -0.25) is 4.79 Å². The standard InChI is InChI=1S/C28H26N6O/c1-20-10-5-6-13-22(20)25-30-31-26-23-14-7-8-15-24(23)29-28(34(25)26)33-17-9-16-32(18-19-33)27(35)21-11-3-2-4-12-21/h2-8,10-15H,9,16-19H2,1H3. The van der Waals surface area contributed by atoms with Gasteiger partial charge < -0.3 is 9.80 Å². The highest BCUT2D eigenvalue weighted by Crippen LogP contribution is 2.30. The summed E-state index contributed by atoms with van der Waals surface area (Å²) in [6.45, 7) is 4.91. The number of para-hydroxylation sites is 1. The molecule has 0 aliphatic carbocycles. The number of amides is 1. The zero-order chi connectivity index (χ0) is 23.8. The highest BCUT2D eigenvalue weighted by Gasteiger charge is 2.25. The second-order valence-electron chi connectivity index (χ2n) is 8.93. The number of carbonyl (C=O) groups is 1. The first kappa shape index (κ1) is 21.3. The molecule has 7 heteroatoms. The van der Waals surface area contributed by atoms with Crippen molar-refractivity contribution in [3.8, 4) is 11.4 Å². The number of anilines is 1. The molecule has 0 bridgehead atoms. The van der Waals surface area contributed by atoms with Gasteiger partial charge in [-0.15, -0.1) is 10.2 Å². The quantitative estimate of drug-likeness (QED) is 0.392. The summed E-state index contributed by atoms with van der Waals surface area (Å²) < 4.78 is 2.08. The smallest absolute Gasteiger partial charge is 0.253 e. The van der Waals surface area contributed by atoms with Gasteiger partial charge in [-0.2, -0.15) is 0 Å². The maximum absolute atomic E-state index is 13.1. The molecule has 1 aliphatic heterocycles. The Morgan fingerprint density at radius 1 is 0.800 bits per heavy atom. The molecule has 0 saturated carbocycles. The highest BCUT2D eigenvalue weighted by molar-refractivity contribution is 5.94. The SMILES string of the molecule is Cc1ccccc1-c1nnc2c3ccccc3nc(N3CCCN(C(=O)c4ccccc4)CC3)n12. The maximum atomic E-state index is 13.1. The predicted molar refractivity (Wildman–Crippen MR) is 138 cm³/mol. The summed E-state index contributed by atoms with van der Waals surface area (Å²) in [5.41, 5.74) is 4.59. The lowest BCUT2D eigenvalue weighted by Gasteiger charge is -2.24. The van der Waals surface area contributed by atoms with Crippen molar-refractivity contribution in [2.75, 3.05) is 31.1 Å². The van der Waals surface area contributed by atoms with Crippen molar-refractivity contribution in [3.63, 3.8) is 0 Å². The van der Waals surface area contributed by atoms with Crippen LogP contribution in [0.25, 0.3) is 27.9 Å². The van der Waals surface area contributed by atoms with Crippen molar-refractivity contribution in [3.05, 3.63) is 90.0 Å². The van der Waals surface area contributed by atoms with E-state index in [1.807, 2.05) is 71.6 Å². The van der Waals surface area contributed by atoms with E-state index >= 15 is 0 Å². The summed E-state index contributed by atoms with van der Waals surface area (Å²) >= 11 is 0. The second kappa shape index (κ2) is 8.83. The van der Waals surface area contributed by atoms with Gasteiger partial charge >= 0.3 is 0 Å². The molecule has 0 spiro atoms. The van der Waals surface area contributed by atoms with Crippen LogP contribution in [-0.2, 0) is 0 Å². The molecule has 0 unspecified atom stereocenters. The predicted octanol–water partition coefficient (Wildman–Crippen LogP) is 4.61. The van der Waals surface area contributed by atoms with E-state index in [9.17, 15) is 4.79 Å². The van der Waals surface area contributed by atoms with Gasteiger partial charge in [0.25, 0.3) is 5.91 Å². The molecular weight excluding hydrogens is 436 g/mol. The lowest BCUT2D eigenvalue weighted by molar-refractivity contribution is 0.0767. The molecule has 3 heterocycles. The van der Waals surface area contributed by atoms with E-state index < -0.39 is 0 Å². The number of aryl methyl sites for hydroxylation is 1. The molecule has 1 amide bonds. The van der Waals surface area contributed by atoms with E-state index in [-0.39, 0.29) is 5.91 Å². The van der Waals surface area contributed by atoms with Gasteiger partial charge in [0.1, 0.15) is 0 Å². The van der Waals surface area contributed by atoms with Crippen LogP contribution in [0.2, 0.25) is 0 Å². The molecule has 0 N–H and O–H groups in total.